The normalized spacial score (nSPS) is 12.8. The van der Waals surface area contributed by atoms with E-state index in [1.54, 1.807) is 0 Å². The molecule has 0 spiro atoms. The fraction of sp³-hybridized carbons (Fsp3) is 0.533. The molecule has 0 aliphatic rings. The molecule has 0 aliphatic heterocycles. The van der Waals surface area contributed by atoms with E-state index in [0.29, 0.717) is 6.04 Å². The third-order valence-electron chi connectivity index (χ3n) is 3.54. The van der Waals surface area contributed by atoms with Crippen molar-refractivity contribution in [1.29, 1.82) is 0 Å². The van der Waals surface area contributed by atoms with E-state index >= 15 is 0 Å². The molecule has 0 aliphatic carbocycles. The van der Waals surface area contributed by atoms with Gasteiger partial charge in [-0.05, 0) is 38.3 Å². The van der Waals surface area contributed by atoms with E-state index in [-0.39, 0.29) is 0 Å². The molecule has 1 atom stereocenters. The maximum absolute atomic E-state index is 4.55. The molecule has 0 saturated heterocycles. The first-order valence-electron chi connectivity index (χ1n) is 6.89. The Kier molecular flexibility index (Phi) is 4.77. The molecule has 0 amide bonds. The minimum atomic E-state index is 0.368. The van der Waals surface area contributed by atoms with E-state index < -0.39 is 0 Å². The largest absolute Gasteiger partial charge is 0.310 e. The van der Waals surface area contributed by atoms with Crippen LogP contribution in [-0.4, -0.2) is 16.3 Å². The molecule has 0 radical (unpaired) electrons. The fourth-order valence-corrected chi connectivity index (χ4v) is 3.27. The molecule has 0 bridgehead atoms. The van der Waals surface area contributed by atoms with E-state index in [9.17, 15) is 0 Å². The zero-order chi connectivity index (χ0) is 13.8. The summed E-state index contributed by atoms with van der Waals surface area (Å²) in [5.74, 6) is 0. The van der Waals surface area contributed by atoms with Crippen LogP contribution in [0.1, 0.15) is 41.2 Å². The van der Waals surface area contributed by atoms with Crippen molar-refractivity contribution in [3.8, 4) is 0 Å². The minimum absolute atomic E-state index is 0.368. The summed E-state index contributed by atoms with van der Waals surface area (Å²) >= 11 is 1.83. The van der Waals surface area contributed by atoms with Crippen molar-refractivity contribution in [3.63, 3.8) is 0 Å². The van der Waals surface area contributed by atoms with Crippen LogP contribution in [0.5, 0.6) is 0 Å². The molecule has 3 nitrogen and oxygen atoms in total. The molecule has 0 aromatic carbocycles. The van der Waals surface area contributed by atoms with Crippen LogP contribution in [0.2, 0.25) is 0 Å². The van der Waals surface area contributed by atoms with Crippen molar-refractivity contribution in [2.75, 3.05) is 6.54 Å². The summed E-state index contributed by atoms with van der Waals surface area (Å²) < 4.78 is 1.99. The summed E-state index contributed by atoms with van der Waals surface area (Å²) in [7, 11) is 2.02. The number of nitrogens with one attached hydrogen (secondary N) is 1. The summed E-state index contributed by atoms with van der Waals surface area (Å²) in [4.78, 5) is 1.43. The number of rotatable bonds is 6. The molecule has 2 heterocycles. The molecule has 4 heteroatoms. The summed E-state index contributed by atoms with van der Waals surface area (Å²) in [5, 5.41) is 10.4. The Hall–Kier alpha value is -1.13. The molecule has 1 unspecified atom stereocenters. The molecule has 0 saturated carbocycles. The quantitative estimate of drug-likeness (QED) is 0.877. The lowest BCUT2D eigenvalue weighted by atomic mass is 10.0. The Morgan fingerprint density at radius 3 is 2.74 bits per heavy atom. The average Bonchev–Trinajstić information content (AvgIpc) is 2.95. The van der Waals surface area contributed by atoms with Crippen LogP contribution in [0.25, 0.3) is 0 Å². The zero-order valence-electron chi connectivity index (χ0n) is 12.2. The van der Waals surface area contributed by atoms with Crippen molar-refractivity contribution < 1.29 is 0 Å². The predicted octanol–water partition coefficient (Wildman–Crippen LogP) is 3.38. The molecule has 1 N–H and O–H groups in total. The second-order valence-electron chi connectivity index (χ2n) is 5.00. The highest BCUT2D eigenvalue weighted by molar-refractivity contribution is 7.09. The fourth-order valence-electron chi connectivity index (χ4n) is 2.52. The van der Waals surface area contributed by atoms with Gasteiger partial charge >= 0.3 is 0 Å². The second kappa shape index (κ2) is 6.35. The smallest absolute Gasteiger partial charge is 0.0644 e. The highest BCUT2D eigenvalue weighted by Crippen LogP contribution is 2.26. The summed E-state index contributed by atoms with van der Waals surface area (Å²) in [6.07, 6.45) is 2.20. The number of hydrogen-bond donors (Lipinski definition) is 1. The van der Waals surface area contributed by atoms with E-state index in [1.807, 2.05) is 23.1 Å². The third kappa shape index (κ3) is 3.25. The molecule has 19 heavy (non-hydrogen) atoms. The Morgan fingerprint density at radius 1 is 1.42 bits per heavy atom. The summed E-state index contributed by atoms with van der Waals surface area (Å²) in [6.45, 7) is 7.52. The maximum Gasteiger partial charge on any atom is 0.0644 e. The average molecular weight is 277 g/mol. The van der Waals surface area contributed by atoms with Crippen LogP contribution < -0.4 is 5.32 Å². The van der Waals surface area contributed by atoms with Gasteiger partial charge in [-0.15, -0.1) is 11.3 Å². The third-order valence-corrected chi connectivity index (χ3v) is 4.44. The first kappa shape index (κ1) is 14.3. The van der Waals surface area contributed by atoms with E-state index in [0.717, 1.165) is 25.1 Å². The number of aromatic nitrogens is 2. The van der Waals surface area contributed by atoms with Gasteiger partial charge in [-0.2, -0.15) is 5.10 Å². The van der Waals surface area contributed by atoms with Gasteiger partial charge in [0.2, 0.25) is 0 Å². The maximum atomic E-state index is 4.55. The first-order chi connectivity index (χ1) is 9.13. The zero-order valence-corrected chi connectivity index (χ0v) is 13.0. The lowest BCUT2D eigenvalue weighted by Gasteiger charge is -2.19. The molecule has 0 fully saturated rings. The van der Waals surface area contributed by atoms with Gasteiger partial charge < -0.3 is 5.32 Å². The topological polar surface area (TPSA) is 29.9 Å². The predicted molar refractivity (Wildman–Crippen MR) is 81.7 cm³/mol. The van der Waals surface area contributed by atoms with Gasteiger partial charge in [0.1, 0.15) is 0 Å². The summed E-state index contributed by atoms with van der Waals surface area (Å²) in [6, 6.07) is 4.71. The number of aryl methyl sites for hydroxylation is 2. The molecule has 2 rings (SSSR count). The van der Waals surface area contributed by atoms with Gasteiger partial charge in [0.05, 0.1) is 5.69 Å². The van der Waals surface area contributed by atoms with Gasteiger partial charge in [-0.1, -0.05) is 13.0 Å². The van der Waals surface area contributed by atoms with Crippen LogP contribution in [0.15, 0.2) is 17.5 Å². The Labute approximate surface area is 119 Å². The van der Waals surface area contributed by atoms with Crippen molar-refractivity contribution in [2.24, 2.45) is 7.05 Å². The lowest BCUT2D eigenvalue weighted by Crippen LogP contribution is -2.25. The van der Waals surface area contributed by atoms with E-state index in [2.05, 4.69) is 48.7 Å². The first-order valence-corrected chi connectivity index (χ1v) is 7.77. The molecule has 2 aromatic heterocycles. The monoisotopic (exact) mass is 277 g/mol. The van der Waals surface area contributed by atoms with Gasteiger partial charge in [0, 0.05) is 35.6 Å². The van der Waals surface area contributed by atoms with Crippen molar-refractivity contribution >= 4 is 11.3 Å². The van der Waals surface area contributed by atoms with E-state index in [4.69, 9.17) is 0 Å². The van der Waals surface area contributed by atoms with Crippen molar-refractivity contribution in [2.45, 2.75) is 39.7 Å². The number of nitrogens with zero attached hydrogens (tertiary/aromatic N) is 2. The van der Waals surface area contributed by atoms with Gasteiger partial charge in [-0.25, -0.2) is 0 Å². The number of thiophene rings is 1. The van der Waals surface area contributed by atoms with Crippen LogP contribution in [0, 0.1) is 13.8 Å². The highest BCUT2D eigenvalue weighted by atomic mass is 32.1. The van der Waals surface area contributed by atoms with Gasteiger partial charge in [0.15, 0.2) is 0 Å². The Balaban J connectivity index is 2.25. The number of hydrogen-bond acceptors (Lipinski definition) is 3. The van der Waals surface area contributed by atoms with Crippen LogP contribution >= 0.6 is 11.3 Å². The molecule has 2 aromatic rings. The second-order valence-corrected chi connectivity index (χ2v) is 6.03. The minimum Gasteiger partial charge on any atom is -0.310 e. The molecular weight excluding hydrogens is 254 g/mol. The Bertz CT molecular complexity index is 514. The van der Waals surface area contributed by atoms with Crippen molar-refractivity contribution in [1.82, 2.24) is 15.1 Å². The Morgan fingerprint density at radius 2 is 2.21 bits per heavy atom. The van der Waals surface area contributed by atoms with Crippen LogP contribution in [0.4, 0.5) is 0 Å². The summed E-state index contributed by atoms with van der Waals surface area (Å²) in [5.41, 5.74) is 3.78. The lowest BCUT2D eigenvalue weighted by molar-refractivity contribution is 0.527. The highest BCUT2D eigenvalue weighted by Gasteiger charge is 2.20. The van der Waals surface area contributed by atoms with Gasteiger partial charge in [0.25, 0.3) is 0 Å². The molecular formula is C15H23N3S. The van der Waals surface area contributed by atoms with Crippen LogP contribution in [-0.2, 0) is 13.5 Å². The molecule has 104 valence electrons. The van der Waals surface area contributed by atoms with Gasteiger partial charge in [-0.3, -0.25) is 4.68 Å². The SMILES string of the molecule is CCCNC(Cc1cccs1)c1c(C)nn(C)c1C. The van der Waals surface area contributed by atoms with Crippen LogP contribution in [0.3, 0.4) is 0 Å². The standard InChI is InChI=1S/C15H23N3S/c1-5-8-16-14(10-13-7-6-9-19-13)15-11(2)17-18(4)12(15)3/h6-7,9,14,16H,5,8,10H2,1-4H3. The van der Waals surface area contributed by atoms with E-state index in [1.165, 1.54) is 16.1 Å². The van der Waals surface area contributed by atoms with Crippen molar-refractivity contribution in [3.05, 3.63) is 39.3 Å².